The fourth-order valence-electron chi connectivity index (χ4n) is 2.13. The molecule has 0 aliphatic carbocycles. The van der Waals surface area contributed by atoms with Crippen molar-refractivity contribution in [1.82, 2.24) is 15.2 Å². The molecule has 0 unspecified atom stereocenters. The second-order valence-electron chi connectivity index (χ2n) is 5.44. The molecule has 4 nitrogen and oxygen atoms in total. The third-order valence-corrected chi connectivity index (χ3v) is 3.30. The summed E-state index contributed by atoms with van der Waals surface area (Å²) < 4.78 is 0. The molecule has 0 atom stereocenters. The zero-order valence-electron chi connectivity index (χ0n) is 13.5. The largest absolute Gasteiger partial charge is 0.357 e. The summed E-state index contributed by atoms with van der Waals surface area (Å²) in [5.74, 6) is 1.09. The molecular weight excluding hydrogens is 248 g/mol. The van der Waals surface area contributed by atoms with E-state index in [9.17, 15) is 0 Å². The normalized spacial score (nSPS) is 11.1. The van der Waals surface area contributed by atoms with Crippen LogP contribution in [0, 0.1) is 0 Å². The Bertz CT molecular complexity index is 348. The van der Waals surface area contributed by atoms with Crippen LogP contribution in [0.3, 0.4) is 0 Å². The Morgan fingerprint density at radius 2 is 1.95 bits per heavy atom. The predicted octanol–water partition coefficient (Wildman–Crippen LogP) is 2.36. The second-order valence-corrected chi connectivity index (χ2v) is 5.44. The molecule has 0 aliphatic rings. The second kappa shape index (κ2) is 9.72. The molecule has 0 spiro atoms. The van der Waals surface area contributed by atoms with Crippen molar-refractivity contribution in [1.29, 1.82) is 0 Å². The van der Waals surface area contributed by atoms with Crippen molar-refractivity contribution in [2.45, 2.75) is 33.2 Å². The monoisotopic (exact) mass is 278 g/mol. The van der Waals surface area contributed by atoms with E-state index in [0.717, 1.165) is 38.5 Å². The molecule has 0 saturated carbocycles. The van der Waals surface area contributed by atoms with Crippen LogP contribution in [0.4, 0.5) is 5.82 Å². The summed E-state index contributed by atoms with van der Waals surface area (Å²) >= 11 is 0. The highest BCUT2D eigenvalue weighted by molar-refractivity contribution is 5.39. The lowest BCUT2D eigenvalue weighted by atomic mass is 10.2. The van der Waals surface area contributed by atoms with Crippen LogP contribution < -0.4 is 10.2 Å². The molecule has 0 radical (unpaired) electrons. The maximum Gasteiger partial charge on any atom is 0.128 e. The van der Waals surface area contributed by atoms with Gasteiger partial charge in [-0.3, -0.25) is 0 Å². The van der Waals surface area contributed by atoms with Crippen molar-refractivity contribution in [3.63, 3.8) is 0 Å². The molecule has 0 aliphatic heterocycles. The minimum atomic E-state index is 0.911. The molecule has 1 aromatic heterocycles. The molecule has 0 saturated heterocycles. The van der Waals surface area contributed by atoms with E-state index in [0.29, 0.717) is 0 Å². The van der Waals surface area contributed by atoms with Crippen molar-refractivity contribution in [2.24, 2.45) is 0 Å². The molecule has 1 N–H and O–H groups in total. The summed E-state index contributed by atoms with van der Waals surface area (Å²) in [5.41, 5.74) is 1.26. The van der Waals surface area contributed by atoms with E-state index in [1.54, 1.807) is 0 Å². The van der Waals surface area contributed by atoms with Gasteiger partial charge in [0, 0.05) is 25.8 Å². The summed E-state index contributed by atoms with van der Waals surface area (Å²) in [7, 11) is 4.24. The van der Waals surface area contributed by atoms with Crippen LogP contribution in [0.15, 0.2) is 18.3 Å². The summed E-state index contributed by atoms with van der Waals surface area (Å²) in [5, 5.41) is 3.40. The van der Waals surface area contributed by atoms with E-state index in [2.05, 4.69) is 60.2 Å². The van der Waals surface area contributed by atoms with Crippen molar-refractivity contribution in [2.75, 3.05) is 45.2 Å². The SMILES string of the molecule is CCCNCc1ccc(N(CC)CCCN(C)C)nc1. The topological polar surface area (TPSA) is 31.4 Å². The fraction of sp³-hybridized carbons (Fsp3) is 0.688. The first-order valence-electron chi connectivity index (χ1n) is 7.72. The van der Waals surface area contributed by atoms with Gasteiger partial charge in [-0.2, -0.15) is 0 Å². The van der Waals surface area contributed by atoms with Gasteiger partial charge in [-0.25, -0.2) is 4.98 Å². The number of anilines is 1. The maximum absolute atomic E-state index is 4.60. The first-order chi connectivity index (χ1) is 9.67. The molecule has 1 aromatic rings. The van der Waals surface area contributed by atoms with Crippen molar-refractivity contribution < 1.29 is 0 Å². The molecule has 20 heavy (non-hydrogen) atoms. The van der Waals surface area contributed by atoms with Crippen molar-refractivity contribution in [3.8, 4) is 0 Å². The zero-order chi connectivity index (χ0) is 14.8. The third kappa shape index (κ3) is 6.35. The Labute approximate surface area is 124 Å². The molecule has 4 heteroatoms. The molecule has 1 rings (SSSR count). The number of rotatable bonds is 10. The van der Waals surface area contributed by atoms with Gasteiger partial charge in [0.1, 0.15) is 5.82 Å². The number of pyridine rings is 1. The zero-order valence-corrected chi connectivity index (χ0v) is 13.5. The van der Waals surface area contributed by atoms with Crippen molar-refractivity contribution in [3.05, 3.63) is 23.9 Å². The number of hydrogen-bond acceptors (Lipinski definition) is 4. The Morgan fingerprint density at radius 3 is 2.50 bits per heavy atom. The van der Waals surface area contributed by atoms with Gasteiger partial charge >= 0.3 is 0 Å². The molecule has 0 aromatic carbocycles. The fourth-order valence-corrected chi connectivity index (χ4v) is 2.13. The number of aromatic nitrogens is 1. The Hall–Kier alpha value is -1.13. The van der Waals surface area contributed by atoms with E-state index in [4.69, 9.17) is 0 Å². The highest BCUT2D eigenvalue weighted by atomic mass is 15.2. The third-order valence-electron chi connectivity index (χ3n) is 3.30. The van der Waals surface area contributed by atoms with E-state index in [-0.39, 0.29) is 0 Å². The Kier molecular flexibility index (Phi) is 8.23. The Balaban J connectivity index is 2.47. The van der Waals surface area contributed by atoms with Gasteiger partial charge in [0.25, 0.3) is 0 Å². The lowest BCUT2D eigenvalue weighted by molar-refractivity contribution is 0.400. The summed E-state index contributed by atoms with van der Waals surface area (Å²) in [6.45, 7) is 9.54. The number of hydrogen-bond donors (Lipinski definition) is 1. The molecule has 0 bridgehead atoms. The van der Waals surface area contributed by atoms with Crippen LogP contribution in [0.25, 0.3) is 0 Å². The molecule has 1 heterocycles. The summed E-state index contributed by atoms with van der Waals surface area (Å²) in [4.78, 5) is 9.16. The lowest BCUT2D eigenvalue weighted by Crippen LogP contribution is -2.27. The summed E-state index contributed by atoms with van der Waals surface area (Å²) in [6, 6.07) is 4.32. The maximum atomic E-state index is 4.60. The minimum Gasteiger partial charge on any atom is -0.357 e. The van der Waals surface area contributed by atoms with Crippen LogP contribution in [-0.2, 0) is 6.54 Å². The van der Waals surface area contributed by atoms with Crippen molar-refractivity contribution >= 4 is 5.82 Å². The van der Waals surface area contributed by atoms with Crippen LogP contribution in [0.5, 0.6) is 0 Å². The minimum absolute atomic E-state index is 0.911. The van der Waals surface area contributed by atoms with E-state index in [1.165, 1.54) is 18.4 Å². The number of nitrogens with zero attached hydrogens (tertiary/aromatic N) is 3. The smallest absolute Gasteiger partial charge is 0.128 e. The van der Waals surface area contributed by atoms with Crippen LogP contribution in [-0.4, -0.2) is 50.2 Å². The average molecular weight is 278 g/mol. The van der Waals surface area contributed by atoms with Gasteiger partial charge in [0.15, 0.2) is 0 Å². The van der Waals surface area contributed by atoms with Gasteiger partial charge in [0.2, 0.25) is 0 Å². The van der Waals surface area contributed by atoms with Gasteiger partial charge in [-0.15, -0.1) is 0 Å². The number of nitrogens with one attached hydrogen (secondary N) is 1. The van der Waals surface area contributed by atoms with Gasteiger partial charge in [-0.1, -0.05) is 13.0 Å². The quantitative estimate of drug-likeness (QED) is 0.666. The van der Waals surface area contributed by atoms with E-state index in [1.807, 2.05) is 6.20 Å². The van der Waals surface area contributed by atoms with E-state index >= 15 is 0 Å². The molecule has 0 amide bonds. The summed E-state index contributed by atoms with van der Waals surface area (Å²) in [6.07, 6.45) is 4.33. The first-order valence-corrected chi connectivity index (χ1v) is 7.72. The predicted molar refractivity (Wildman–Crippen MR) is 87.3 cm³/mol. The van der Waals surface area contributed by atoms with Gasteiger partial charge in [-0.05, 0) is 58.6 Å². The standard InChI is InChI=1S/C16H30N4/c1-5-10-17-13-15-8-9-16(18-14-15)20(6-2)12-7-11-19(3)4/h8-9,14,17H,5-7,10-13H2,1-4H3. The van der Waals surface area contributed by atoms with E-state index < -0.39 is 0 Å². The van der Waals surface area contributed by atoms with Gasteiger partial charge < -0.3 is 15.1 Å². The lowest BCUT2D eigenvalue weighted by Gasteiger charge is -2.23. The van der Waals surface area contributed by atoms with Gasteiger partial charge in [0.05, 0.1) is 0 Å². The highest BCUT2D eigenvalue weighted by Gasteiger charge is 2.05. The average Bonchev–Trinajstić information content (AvgIpc) is 2.45. The van der Waals surface area contributed by atoms with Crippen LogP contribution >= 0.6 is 0 Å². The first kappa shape index (κ1) is 16.9. The molecule has 114 valence electrons. The highest BCUT2D eigenvalue weighted by Crippen LogP contribution is 2.11. The van der Waals surface area contributed by atoms with Crippen LogP contribution in [0.2, 0.25) is 0 Å². The Morgan fingerprint density at radius 1 is 1.15 bits per heavy atom. The molecule has 0 fully saturated rings. The molecular formula is C16H30N4. The van der Waals surface area contributed by atoms with Crippen LogP contribution in [0.1, 0.15) is 32.3 Å².